The Labute approximate surface area is 118 Å². The molecule has 1 amide bonds. The van der Waals surface area contributed by atoms with Gasteiger partial charge in [0.05, 0.1) is 0 Å². The third kappa shape index (κ3) is 3.08. The average molecular weight is 322 g/mol. The van der Waals surface area contributed by atoms with Gasteiger partial charge in [0.25, 0.3) is 5.91 Å². The van der Waals surface area contributed by atoms with E-state index >= 15 is 0 Å². The van der Waals surface area contributed by atoms with Gasteiger partial charge in [-0.15, -0.1) is 10.2 Å². The fourth-order valence-electron chi connectivity index (χ4n) is 1.59. The lowest BCUT2D eigenvalue weighted by molar-refractivity contribution is 0.0994. The number of hydrogen-bond donors (Lipinski definition) is 1. The van der Waals surface area contributed by atoms with Gasteiger partial charge in [-0.1, -0.05) is 15.9 Å². The first-order chi connectivity index (χ1) is 8.97. The van der Waals surface area contributed by atoms with E-state index < -0.39 is 5.91 Å². The van der Waals surface area contributed by atoms with Crippen LogP contribution in [0.4, 0.5) is 0 Å². The number of aryl methyl sites for hydroxylation is 2. The Bertz CT molecular complexity index is 603. The summed E-state index contributed by atoms with van der Waals surface area (Å²) in [5, 5.41) is 7.47. The van der Waals surface area contributed by atoms with Gasteiger partial charge in [0.1, 0.15) is 5.75 Å². The second kappa shape index (κ2) is 5.36. The number of ether oxygens (including phenoxy) is 1. The van der Waals surface area contributed by atoms with Crippen molar-refractivity contribution in [2.45, 2.75) is 13.8 Å². The Hall–Kier alpha value is -1.95. The smallest absolute Gasteiger partial charge is 0.269 e. The number of aromatic nitrogens is 2. The molecule has 0 saturated carbocycles. The molecule has 1 aromatic carbocycles. The molecule has 6 heteroatoms. The van der Waals surface area contributed by atoms with Gasteiger partial charge in [0.2, 0.25) is 5.88 Å². The van der Waals surface area contributed by atoms with Crippen molar-refractivity contribution in [2.24, 2.45) is 5.73 Å². The molecule has 0 bridgehead atoms. The highest BCUT2D eigenvalue weighted by molar-refractivity contribution is 9.10. The third-order valence-corrected chi connectivity index (χ3v) is 3.78. The minimum atomic E-state index is -0.616. The van der Waals surface area contributed by atoms with E-state index in [1.54, 1.807) is 6.07 Å². The molecule has 0 unspecified atom stereocenters. The minimum absolute atomic E-state index is 0.107. The largest absolute Gasteiger partial charge is 0.438 e. The fraction of sp³-hybridized carbons (Fsp3) is 0.154. The summed E-state index contributed by atoms with van der Waals surface area (Å²) >= 11 is 3.49. The van der Waals surface area contributed by atoms with E-state index in [0.29, 0.717) is 11.6 Å². The Morgan fingerprint density at radius 2 is 1.84 bits per heavy atom. The maximum absolute atomic E-state index is 10.9. The summed E-state index contributed by atoms with van der Waals surface area (Å²) in [5.74, 6) is 0.361. The van der Waals surface area contributed by atoms with E-state index in [1.807, 2.05) is 26.0 Å². The highest BCUT2D eigenvalue weighted by Gasteiger charge is 2.07. The second-order valence-electron chi connectivity index (χ2n) is 4.09. The second-order valence-corrected chi connectivity index (χ2v) is 4.89. The van der Waals surface area contributed by atoms with E-state index in [-0.39, 0.29) is 5.69 Å². The number of nitrogens with two attached hydrogens (primary N) is 1. The molecule has 1 heterocycles. The van der Waals surface area contributed by atoms with Crippen molar-refractivity contribution in [2.75, 3.05) is 0 Å². The normalized spacial score (nSPS) is 10.3. The number of rotatable bonds is 3. The lowest BCUT2D eigenvalue weighted by Crippen LogP contribution is -2.13. The maximum atomic E-state index is 10.9. The van der Waals surface area contributed by atoms with Gasteiger partial charge >= 0.3 is 0 Å². The van der Waals surface area contributed by atoms with Crippen LogP contribution in [-0.4, -0.2) is 16.1 Å². The fourth-order valence-corrected chi connectivity index (χ4v) is 1.82. The molecular weight excluding hydrogens is 310 g/mol. The maximum Gasteiger partial charge on any atom is 0.269 e. The summed E-state index contributed by atoms with van der Waals surface area (Å²) in [6.07, 6.45) is 0. The van der Waals surface area contributed by atoms with Gasteiger partial charge in [-0.2, -0.15) is 0 Å². The van der Waals surface area contributed by atoms with Crippen LogP contribution in [0.1, 0.15) is 21.6 Å². The SMILES string of the molecule is Cc1cc(Oc2ccc(C(N)=O)nn2)cc(C)c1Br. The van der Waals surface area contributed by atoms with Crippen LogP contribution < -0.4 is 10.5 Å². The Balaban J connectivity index is 2.24. The minimum Gasteiger partial charge on any atom is -0.438 e. The first-order valence-electron chi connectivity index (χ1n) is 5.55. The molecule has 0 radical (unpaired) electrons. The summed E-state index contributed by atoms with van der Waals surface area (Å²) in [6, 6.07) is 6.81. The molecule has 19 heavy (non-hydrogen) atoms. The first-order valence-corrected chi connectivity index (χ1v) is 6.35. The molecule has 0 aliphatic carbocycles. The summed E-state index contributed by atoms with van der Waals surface area (Å²) in [7, 11) is 0. The Kier molecular flexibility index (Phi) is 3.80. The van der Waals surface area contributed by atoms with E-state index in [1.165, 1.54) is 6.07 Å². The standard InChI is InChI=1S/C13H12BrN3O2/c1-7-5-9(6-8(2)12(7)14)19-11-4-3-10(13(15)18)16-17-11/h3-6H,1-2H3,(H2,15,18). The Morgan fingerprint density at radius 1 is 1.21 bits per heavy atom. The predicted octanol–water partition coefficient (Wildman–Crippen LogP) is 2.75. The molecule has 0 aliphatic rings. The number of hydrogen-bond acceptors (Lipinski definition) is 4. The summed E-state index contributed by atoms with van der Waals surface area (Å²) < 4.78 is 6.63. The summed E-state index contributed by atoms with van der Waals surface area (Å²) in [6.45, 7) is 3.96. The van der Waals surface area contributed by atoms with Crippen molar-refractivity contribution in [1.82, 2.24) is 10.2 Å². The molecule has 0 fully saturated rings. The van der Waals surface area contributed by atoms with Crippen LogP contribution >= 0.6 is 15.9 Å². The molecule has 0 aliphatic heterocycles. The van der Waals surface area contributed by atoms with Crippen LogP contribution in [0.25, 0.3) is 0 Å². The number of carbonyl (C=O) groups excluding carboxylic acids is 1. The van der Waals surface area contributed by atoms with Gasteiger partial charge in [0.15, 0.2) is 5.69 Å². The summed E-state index contributed by atoms with van der Waals surface area (Å²) in [5.41, 5.74) is 7.33. The molecular formula is C13H12BrN3O2. The van der Waals surface area contributed by atoms with Gasteiger partial charge in [-0.05, 0) is 43.2 Å². The molecule has 2 rings (SSSR count). The van der Waals surface area contributed by atoms with Crippen molar-refractivity contribution in [3.63, 3.8) is 0 Å². The zero-order valence-electron chi connectivity index (χ0n) is 10.5. The van der Waals surface area contributed by atoms with Gasteiger partial charge in [-0.3, -0.25) is 4.79 Å². The molecule has 0 saturated heterocycles. The molecule has 2 aromatic rings. The molecule has 98 valence electrons. The van der Waals surface area contributed by atoms with Crippen molar-refractivity contribution in [3.05, 3.63) is 45.6 Å². The monoisotopic (exact) mass is 321 g/mol. The quantitative estimate of drug-likeness (QED) is 0.942. The lowest BCUT2D eigenvalue weighted by Gasteiger charge is -2.08. The average Bonchev–Trinajstić information content (AvgIpc) is 2.36. The highest BCUT2D eigenvalue weighted by atomic mass is 79.9. The molecule has 0 atom stereocenters. The highest BCUT2D eigenvalue weighted by Crippen LogP contribution is 2.28. The number of primary amides is 1. The van der Waals surface area contributed by atoms with Gasteiger partial charge in [-0.25, -0.2) is 0 Å². The zero-order chi connectivity index (χ0) is 14.0. The number of carbonyl (C=O) groups is 1. The molecule has 2 N–H and O–H groups in total. The van der Waals surface area contributed by atoms with Crippen molar-refractivity contribution in [3.8, 4) is 11.6 Å². The topological polar surface area (TPSA) is 78.1 Å². The molecule has 5 nitrogen and oxygen atoms in total. The first kappa shape index (κ1) is 13.5. The number of benzene rings is 1. The van der Waals surface area contributed by atoms with Crippen LogP contribution in [0.5, 0.6) is 11.6 Å². The molecule has 1 aromatic heterocycles. The third-order valence-electron chi connectivity index (χ3n) is 2.52. The van der Waals surface area contributed by atoms with E-state index in [4.69, 9.17) is 10.5 Å². The van der Waals surface area contributed by atoms with Crippen LogP contribution in [0, 0.1) is 13.8 Å². The van der Waals surface area contributed by atoms with Gasteiger partial charge in [0, 0.05) is 10.5 Å². The molecule has 0 spiro atoms. The summed E-state index contributed by atoms with van der Waals surface area (Å²) in [4.78, 5) is 10.9. The number of amides is 1. The van der Waals surface area contributed by atoms with Crippen LogP contribution in [0.2, 0.25) is 0 Å². The predicted molar refractivity (Wildman–Crippen MR) is 74.2 cm³/mol. The van der Waals surface area contributed by atoms with Crippen molar-refractivity contribution in [1.29, 1.82) is 0 Å². The number of nitrogens with zero attached hydrogens (tertiary/aromatic N) is 2. The zero-order valence-corrected chi connectivity index (χ0v) is 12.1. The number of halogens is 1. The van der Waals surface area contributed by atoms with Crippen molar-refractivity contribution < 1.29 is 9.53 Å². The van der Waals surface area contributed by atoms with Gasteiger partial charge < -0.3 is 10.5 Å². The van der Waals surface area contributed by atoms with Crippen LogP contribution in [-0.2, 0) is 0 Å². The van der Waals surface area contributed by atoms with E-state index in [0.717, 1.165) is 15.6 Å². The van der Waals surface area contributed by atoms with Crippen LogP contribution in [0.15, 0.2) is 28.7 Å². The van der Waals surface area contributed by atoms with E-state index in [2.05, 4.69) is 26.1 Å². The van der Waals surface area contributed by atoms with E-state index in [9.17, 15) is 4.79 Å². The Morgan fingerprint density at radius 3 is 2.32 bits per heavy atom. The van der Waals surface area contributed by atoms with Crippen LogP contribution in [0.3, 0.4) is 0 Å². The van der Waals surface area contributed by atoms with Crippen molar-refractivity contribution >= 4 is 21.8 Å². The lowest BCUT2D eigenvalue weighted by atomic mass is 10.1.